The van der Waals surface area contributed by atoms with Gasteiger partial charge >= 0.3 is 0 Å². The van der Waals surface area contributed by atoms with Crippen LogP contribution in [0, 0.1) is 5.92 Å². The van der Waals surface area contributed by atoms with Crippen LogP contribution < -0.4 is 11.1 Å². The average molecular weight is 212 g/mol. The number of rotatable bonds is 5. The van der Waals surface area contributed by atoms with Crippen molar-refractivity contribution in [2.45, 2.75) is 57.2 Å². The summed E-state index contributed by atoms with van der Waals surface area (Å²) in [7, 11) is 0. The lowest BCUT2D eigenvalue weighted by molar-refractivity contribution is -0.0106. The lowest BCUT2D eigenvalue weighted by Crippen LogP contribution is -2.48. The minimum Gasteiger partial charge on any atom is -0.378 e. The molecule has 3 heteroatoms. The van der Waals surface area contributed by atoms with Crippen LogP contribution in [0.1, 0.15) is 39.0 Å². The lowest BCUT2D eigenvalue weighted by Gasteiger charge is -2.36. The Kier molecular flexibility index (Phi) is 4.00. The Morgan fingerprint density at radius 2 is 2.13 bits per heavy atom. The molecule has 2 aliphatic carbocycles. The molecule has 0 spiro atoms. The van der Waals surface area contributed by atoms with Crippen LogP contribution in [0.3, 0.4) is 0 Å². The molecule has 0 aromatic rings. The van der Waals surface area contributed by atoms with Gasteiger partial charge in [0, 0.05) is 18.7 Å². The van der Waals surface area contributed by atoms with Crippen molar-refractivity contribution in [2.24, 2.45) is 11.7 Å². The zero-order valence-corrected chi connectivity index (χ0v) is 9.74. The van der Waals surface area contributed by atoms with E-state index in [9.17, 15) is 0 Å². The fourth-order valence-corrected chi connectivity index (χ4v) is 2.74. The largest absolute Gasteiger partial charge is 0.378 e. The molecule has 0 radical (unpaired) electrons. The summed E-state index contributed by atoms with van der Waals surface area (Å²) in [5, 5.41) is 3.62. The van der Waals surface area contributed by atoms with Crippen LogP contribution in [0.5, 0.6) is 0 Å². The van der Waals surface area contributed by atoms with Crippen molar-refractivity contribution in [1.82, 2.24) is 5.32 Å². The van der Waals surface area contributed by atoms with Crippen LogP contribution >= 0.6 is 0 Å². The molecule has 0 aromatic heterocycles. The highest BCUT2D eigenvalue weighted by Crippen LogP contribution is 2.26. The van der Waals surface area contributed by atoms with E-state index in [1.165, 1.54) is 32.1 Å². The summed E-state index contributed by atoms with van der Waals surface area (Å²) in [5.74, 6) is 0.719. The second-order valence-corrected chi connectivity index (χ2v) is 5.01. The molecular weight excluding hydrogens is 188 g/mol. The molecule has 2 rings (SSSR count). The highest BCUT2D eigenvalue weighted by Gasteiger charge is 2.31. The molecule has 2 atom stereocenters. The number of ether oxygens (including phenoxy) is 1. The Morgan fingerprint density at radius 1 is 1.33 bits per heavy atom. The molecule has 0 heterocycles. The Bertz CT molecular complexity index is 192. The van der Waals surface area contributed by atoms with Crippen LogP contribution in [0.15, 0.2) is 0 Å². The molecule has 0 aromatic carbocycles. The summed E-state index contributed by atoms with van der Waals surface area (Å²) in [6.45, 7) is 4.04. The van der Waals surface area contributed by atoms with Gasteiger partial charge in [0.25, 0.3) is 0 Å². The standard InChI is InChI=1S/C12H24N2O/c1-2-15-11-6-10(7-11)14-8-9-4-3-5-12(9)13/h9-12,14H,2-8,13H2,1H3. The van der Waals surface area contributed by atoms with Gasteiger partial charge in [-0.3, -0.25) is 0 Å². The third kappa shape index (κ3) is 2.92. The van der Waals surface area contributed by atoms with Gasteiger partial charge in [-0.1, -0.05) is 6.42 Å². The monoisotopic (exact) mass is 212 g/mol. The van der Waals surface area contributed by atoms with Crippen LogP contribution in [-0.4, -0.2) is 31.3 Å². The second kappa shape index (κ2) is 5.28. The summed E-state index contributed by atoms with van der Waals surface area (Å²) in [4.78, 5) is 0. The van der Waals surface area contributed by atoms with E-state index in [0.29, 0.717) is 18.2 Å². The SMILES string of the molecule is CCOC1CC(NCC2CCCC2N)C1. The van der Waals surface area contributed by atoms with Gasteiger partial charge in [-0.05, 0) is 45.1 Å². The highest BCUT2D eigenvalue weighted by molar-refractivity contribution is 4.89. The van der Waals surface area contributed by atoms with Gasteiger partial charge in [0.1, 0.15) is 0 Å². The molecule has 0 aliphatic heterocycles. The summed E-state index contributed by atoms with van der Waals surface area (Å²) >= 11 is 0. The van der Waals surface area contributed by atoms with E-state index in [1.807, 2.05) is 0 Å². The summed E-state index contributed by atoms with van der Waals surface area (Å²) in [6, 6.07) is 1.13. The molecule has 0 amide bonds. The highest BCUT2D eigenvalue weighted by atomic mass is 16.5. The Labute approximate surface area is 92.7 Å². The summed E-state index contributed by atoms with van der Waals surface area (Å²) in [5.41, 5.74) is 6.03. The van der Waals surface area contributed by atoms with Gasteiger partial charge in [0.15, 0.2) is 0 Å². The molecule has 3 nitrogen and oxygen atoms in total. The van der Waals surface area contributed by atoms with Gasteiger partial charge in [-0.2, -0.15) is 0 Å². The van der Waals surface area contributed by atoms with Gasteiger partial charge in [0.05, 0.1) is 6.10 Å². The molecule has 2 saturated carbocycles. The van der Waals surface area contributed by atoms with E-state index in [4.69, 9.17) is 10.5 Å². The predicted octanol–water partition coefficient (Wildman–Crippen LogP) is 1.27. The first-order valence-electron chi connectivity index (χ1n) is 6.40. The first kappa shape index (κ1) is 11.4. The minimum absolute atomic E-state index is 0.445. The van der Waals surface area contributed by atoms with E-state index in [-0.39, 0.29) is 0 Å². The Balaban J connectivity index is 1.56. The molecule has 0 bridgehead atoms. The number of nitrogens with one attached hydrogen (secondary N) is 1. The van der Waals surface area contributed by atoms with Crippen molar-refractivity contribution in [2.75, 3.05) is 13.2 Å². The zero-order valence-electron chi connectivity index (χ0n) is 9.74. The normalized spacial score (nSPS) is 40.4. The third-order valence-corrected chi connectivity index (χ3v) is 3.88. The molecular formula is C12H24N2O. The second-order valence-electron chi connectivity index (χ2n) is 5.01. The molecule has 0 saturated heterocycles. The van der Waals surface area contributed by atoms with Gasteiger partial charge in [0.2, 0.25) is 0 Å². The first-order chi connectivity index (χ1) is 7.29. The first-order valence-corrected chi connectivity index (χ1v) is 6.40. The fourth-order valence-electron chi connectivity index (χ4n) is 2.74. The van der Waals surface area contributed by atoms with E-state index in [2.05, 4.69) is 12.2 Å². The van der Waals surface area contributed by atoms with E-state index in [0.717, 1.165) is 19.1 Å². The maximum absolute atomic E-state index is 6.03. The molecule has 2 fully saturated rings. The van der Waals surface area contributed by atoms with E-state index < -0.39 is 0 Å². The van der Waals surface area contributed by atoms with Crippen molar-refractivity contribution < 1.29 is 4.74 Å². The maximum Gasteiger partial charge on any atom is 0.0604 e. The summed E-state index contributed by atoms with van der Waals surface area (Å²) in [6.07, 6.45) is 6.75. The molecule has 15 heavy (non-hydrogen) atoms. The quantitative estimate of drug-likeness (QED) is 0.721. The van der Waals surface area contributed by atoms with Crippen molar-refractivity contribution in [3.63, 3.8) is 0 Å². The van der Waals surface area contributed by atoms with Gasteiger partial charge < -0.3 is 15.8 Å². The van der Waals surface area contributed by atoms with Crippen LogP contribution in [0.4, 0.5) is 0 Å². The van der Waals surface area contributed by atoms with Gasteiger partial charge in [-0.25, -0.2) is 0 Å². The number of nitrogens with two attached hydrogens (primary N) is 1. The Morgan fingerprint density at radius 3 is 2.73 bits per heavy atom. The van der Waals surface area contributed by atoms with Crippen molar-refractivity contribution in [3.8, 4) is 0 Å². The number of hydrogen-bond donors (Lipinski definition) is 2. The van der Waals surface area contributed by atoms with Crippen LogP contribution in [0.2, 0.25) is 0 Å². The predicted molar refractivity (Wildman–Crippen MR) is 61.8 cm³/mol. The zero-order chi connectivity index (χ0) is 10.7. The van der Waals surface area contributed by atoms with Crippen LogP contribution in [0.25, 0.3) is 0 Å². The number of hydrogen-bond acceptors (Lipinski definition) is 3. The molecule has 2 unspecified atom stereocenters. The molecule has 88 valence electrons. The maximum atomic E-state index is 6.03. The Hall–Kier alpha value is -0.120. The van der Waals surface area contributed by atoms with E-state index >= 15 is 0 Å². The van der Waals surface area contributed by atoms with Crippen molar-refractivity contribution in [3.05, 3.63) is 0 Å². The average Bonchev–Trinajstić information content (AvgIpc) is 2.55. The fraction of sp³-hybridized carbons (Fsp3) is 1.00. The lowest BCUT2D eigenvalue weighted by atomic mass is 9.88. The minimum atomic E-state index is 0.445. The topological polar surface area (TPSA) is 47.3 Å². The molecule has 3 N–H and O–H groups in total. The third-order valence-electron chi connectivity index (χ3n) is 3.88. The van der Waals surface area contributed by atoms with Crippen molar-refractivity contribution in [1.29, 1.82) is 0 Å². The van der Waals surface area contributed by atoms with Crippen LogP contribution in [-0.2, 0) is 4.74 Å². The van der Waals surface area contributed by atoms with E-state index in [1.54, 1.807) is 0 Å². The smallest absolute Gasteiger partial charge is 0.0604 e. The van der Waals surface area contributed by atoms with Crippen molar-refractivity contribution >= 4 is 0 Å². The molecule has 2 aliphatic rings. The van der Waals surface area contributed by atoms with Gasteiger partial charge in [-0.15, -0.1) is 0 Å². The summed E-state index contributed by atoms with van der Waals surface area (Å²) < 4.78 is 5.54.